The largest absolute Gasteiger partial charge is 0.490 e. The number of aryl methyl sites for hydroxylation is 2. The predicted molar refractivity (Wildman–Crippen MR) is 131 cm³/mol. The third-order valence-corrected chi connectivity index (χ3v) is 5.02. The van der Waals surface area contributed by atoms with Gasteiger partial charge in [0, 0.05) is 18.5 Å². The predicted octanol–water partition coefficient (Wildman–Crippen LogP) is 5.12. The van der Waals surface area contributed by atoms with Crippen LogP contribution in [0.1, 0.15) is 49.8 Å². The van der Waals surface area contributed by atoms with Crippen LogP contribution in [0.2, 0.25) is 0 Å². The lowest BCUT2D eigenvalue weighted by molar-refractivity contribution is -0.124. The number of nitrogens with one attached hydrogen (secondary N) is 2. The van der Waals surface area contributed by atoms with Gasteiger partial charge >= 0.3 is 0 Å². The second kappa shape index (κ2) is 12.9. The lowest BCUT2D eigenvalue weighted by atomic mass is 10.1. The molecule has 0 saturated carbocycles. The number of carbonyl (C=O) groups is 2. The number of rotatable bonds is 11. The van der Waals surface area contributed by atoms with Gasteiger partial charge in [0.05, 0.1) is 23.9 Å². The number of hydrazone groups is 1. The van der Waals surface area contributed by atoms with E-state index in [9.17, 15) is 9.59 Å². The van der Waals surface area contributed by atoms with Gasteiger partial charge in [0.2, 0.25) is 11.8 Å². The fraction of sp³-hybridized carbons (Fsp3) is 0.375. The summed E-state index contributed by atoms with van der Waals surface area (Å²) in [5.74, 6) is 0.686. The molecule has 2 amide bonds. The summed E-state index contributed by atoms with van der Waals surface area (Å²) in [7, 11) is 0. The molecule has 0 aliphatic carbocycles. The quantitative estimate of drug-likeness (QED) is 0.328. The Hall–Kier alpha value is -2.87. The summed E-state index contributed by atoms with van der Waals surface area (Å²) in [4.78, 5) is 24.2. The van der Waals surface area contributed by atoms with Crippen molar-refractivity contribution in [2.24, 2.45) is 5.10 Å². The first kappa shape index (κ1) is 25.4. The van der Waals surface area contributed by atoms with Crippen LogP contribution in [0.15, 0.2) is 39.9 Å². The molecule has 7 nitrogen and oxygen atoms in total. The van der Waals surface area contributed by atoms with Crippen molar-refractivity contribution in [3.63, 3.8) is 0 Å². The normalized spacial score (nSPS) is 10.8. The van der Waals surface area contributed by atoms with Crippen LogP contribution in [0.5, 0.6) is 11.5 Å². The van der Waals surface area contributed by atoms with Gasteiger partial charge < -0.3 is 14.8 Å². The molecule has 32 heavy (non-hydrogen) atoms. The van der Waals surface area contributed by atoms with Gasteiger partial charge in [0.25, 0.3) is 0 Å². The standard InChI is InChI=1S/C24H30BrN3O4/c1-5-11-32-24-19(25)13-18(14-21(24)31-6-2)15-26-28-23(30)10-9-22(29)27-20-12-16(3)7-8-17(20)4/h7-8,12-15H,5-6,9-11H2,1-4H3,(H,27,29)(H,28,30). The molecule has 0 fully saturated rings. The van der Waals surface area contributed by atoms with E-state index in [4.69, 9.17) is 9.47 Å². The molecule has 0 bridgehead atoms. The zero-order chi connectivity index (χ0) is 23.5. The number of hydrogen-bond acceptors (Lipinski definition) is 5. The number of benzene rings is 2. The number of hydrogen-bond donors (Lipinski definition) is 2. The Kier molecular flexibility index (Phi) is 10.2. The van der Waals surface area contributed by atoms with Crippen LogP contribution in [-0.2, 0) is 9.59 Å². The summed E-state index contributed by atoms with van der Waals surface area (Å²) in [5.41, 5.74) is 5.98. The summed E-state index contributed by atoms with van der Waals surface area (Å²) < 4.78 is 12.2. The van der Waals surface area contributed by atoms with Gasteiger partial charge in [0.15, 0.2) is 11.5 Å². The maximum absolute atomic E-state index is 12.2. The van der Waals surface area contributed by atoms with Crippen molar-refractivity contribution in [2.45, 2.75) is 47.0 Å². The third kappa shape index (κ3) is 8.00. The van der Waals surface area contributed by atoms with Gasteiger partial charge in [-0.2, -0.15) is 5.10 Å². The molecule has 0 spiro atoms. The highest BCUT2D eigenvalue weighted by Gasteiger charge is 2.12. The fourth-order valence-corrected chi connectivity index (χ4v) is 3.39. The van der Waals surface area contributed by atoms with Crippen molar-refractivity contribution in [3.8, 4) is 11.5 Å². The van der Waals surface area contributed by atoms with E-state index in [1.165, 1.54) is 6.21 Å². The molecule has 0 aliphatic rings. The Morgan fingerprint density at radius 3 is 2.53 bits per heavy atom. The van der Waals surface area contributed by atoms with Crippen molar-refractivity contribution in [2.75, 3.05) is 18.5 Å². The smallest absolute Gasteiger partial charge is 0.240 e. The van der Waals surface area contributed by atoms with E-state index in [2.05, 4.69) is 31.8 Å². The van der Waals surface area contributed by atoms with Crippen LogP contribution in [0.4, 0.5) is 5.69 Å². The van der Waals surface area contributed by atoms with Gasteiger partial charge in [-0.25, -0.2) is 5.43 Å². The molecule has 0 atom stereocenters. The Morgan fingerprint density at radius 1 is 1.06 bits per heavy atom. The molecule has 0 heterocycles. The SMILES string of the molecule is CCCOc1c(Br)cc(C=NNC(=O)CCC(=O)Nc2cc(C)ccc2C)cc1OCC. The maximum Gasteiger partial charge on any atom is 0.240 e. The topological polar surface area (TPSA) is 89.0 Å². The number of nitrogens with zero attached hydrogens (tertiary/aromatic N) is 1. The molecule has 2 rings (SSSR count). The minimum Gasteiger partial charge on any atom is -0.490 e. The first-order valence-corrected chi connectivity index (χ1v) is 11.4. The van der Waals surface area contributed by atoms with Crippen LogP contribution >= 0.6 is 15.9 Å². The van der Waals surface area contributed by atoms with Crippen molar-refractivity contribution in [1.82, 2.24) is 5.43 Å². The van der Waals surface area contributed by atoms with E-state index in [-0.39, 0.29) is 24.7 Å². The zero-order valence-electron chi connectivity index (χ0n) is 19.0. The molecule has 172 valence electrons. The Balaban J connectivity index is 1.89. The average molecular weight is 504 g/mol. The Labute approximate surface area is 197 Å². The van der Waals surface area contributed by atoms with Crippen LogP contribution < -0.4 is 20.2 Å². The monoisotopic (exact) mass is 503 g/mol. The van der Waals surface area contributed by atoms with Gasteiger partial charge in [-0.1, -0.05) is 19.1 Å². The molecule has 0 saturated heterocycles. The Bertz CT molecular complexity index is 976. The van der Waals surface area contributed by atoms with E-state index in [0.717, 1.165) is 33.3 Å². The molecule has 8 heteroatoms. The van der Waals surface area contributed by atoms with E-state index < -0.39 is 0 Å². The molecular formula is C24H30BrN3O4. The Morgan fingerprint density at radius 2 is 1.81 bits per heavy atom. The summed E-state index contributed by atoms with van der Waals surface area (Å²) >= 11 is 3.50. The summed E-state index contributed by atoms with van der Waals surface area (Å²) in [5, 5.41) is 6.83. The first-order chi connectivity index (χ1) is 15.3. The third-order valence-electron chi connectivity index (χ3n) is 4.43. The van der Waals surface area contributed by atoms with E-state index in [1.54, 1.807) is 6.07 Å². The highest BCUT2D eigenvalue weighted by Crippen LogP contribution is 2.36. The average Bonchev–Trinajstić information content (AvgIpc) is 2.74. The van der Waals surface area contributed by atoms with E-state index in [0.29, 0.717) is 24.7 Å². The van der Waals surface area contributed by atoms with Crippen molar-refractivity contribution >= 4 is 39.6 Å². The molecule has 0 unspecified atom stereocenters. The van der Waals surface area contributed by atoms with E-state index >= 15 is 0 Å². The molecule has 2 aromatic rings. The second-order valence-corrected chi connectivity index (χ2v) is 8.13. The number of carbonyl (C=O) groups excluding carboxylic acids is 2. The van der Waals surface area contributed by atoms with Gasteiger partial charge in [-0.3, -0.25) is 9.59 Å². The molecule has 2 N–H and O–H groups in total. The van der Waals surface area contributed by atoms with Crippen molar-refractivity contribution in [3.05, 3.63) is 51.5 Å². The van der Waals surface area contributed by atoms with Gasteiger partial charge in [-0.05, 0) is 78.0 Å². The number of ether oxygens (including phenoxy) is 2. The lowest BCUT2D eigenvalue weighted by Crippen LogP contribution is -2.21. The zero-order valence-corrected chi connectivity index (χ0v) is 20.5. The number of halogens is 1. The molecule has 2 aromatic carbocycles. The maximum atomic E-state index is 12.2. The molecule has 0 radical (unpaired) electrons. The van der Waals surface area contributed by atoms with Gasteiger partial charge in [0.1, 0.15) is 0 Å². The van der Waals surface area contributed by atoms with Gasteiger partial charge in [-0.15, -0.1) is 0 Å². The molecular weight excluding hydrogens is 474 g/mol. The van der Waals surface area contributed by atoms with Crippen LogP contribution in [0, 0.1) is 13.8 Å². The van der Waals surface area contributed by atoms with E-state index in [1.807, 2.05) is 52.0 Å². The first-order valence-electron chi connectivity index (χ1n) is 10.6. The minimum absolute atomic E-state index is 0.0335. The molecule has 0 aromatic heterocycles. The lowest BCUT2D eigenvalue weighted by Gasteiger charge is -2.14. The van der Waals surface area contributed by atoms with Crippen molar-refractivity contribution in [1.29, 1.82) is 0 Å². The van der Waals surface area contributed by atoms with Crippen LogP contribution in [0.3, 0.4) is 0 Å². The van der Waals surface area contributed by atoms with Crippen LogP contribution in [0.25, 0.3) is 0 Å². The highest BCUT2D eigenvalue weighted by molar-refractivity contribution is 9.10. The number of amides is 2. The summed E-state index contributed by atoms with van der Waals surface area (Å²) in [6.45, 7) is 8.90. The minimum atomic E-state index is -0.343. The van der Waals surface area contributed by atoms with Crippen molar-refractivity contribution < 1.29 is 19.1 Å². The summed E-state index contributed by atoms with van der Waals surface area (Å²) in [6.07, 6.45) is 2.50. The number of anilines is 1. The fourth-order valence-electron chi connectivity index (χ4n) is 2.81. The summed E-state index contributed by atoms with van der Waals surface area (Å²) in [6, 6.07) is 9.47. The second-order valence-electron chi connectivity index (χ2n) is 7.27. The molecule has 0 aliphatic heterocycles. The van der Waals surface area contributed by atoms with Crippen LogP contribution in [-0.4, -0.2) is 31.2 Å². The highest BCUT2D eigenvalue weighted by atomic mass is 79.9.